The Balaban J connectivity index is 2.43. The van der Waals surface area contributed by atoms with Gasteiger partial charge in [0.15, 0.2) is 0 Å². The van der Waals surface area contributed by atoms with Crippen molar-refractivity contribution < 1.29 is 18.3 Å². The number of sulfonamides is 1. The zero-order valence-electron chi connectivity index (χ0n) is 12.7. The number of hydrogen-bond acceptors (Lipinski definition) is 3. The highest BCUT2D eigenvalue weighted by molar-refractivity contribution is 7.89. The third-order valence-corrected chi connectivity index (χ3v) is 6.23. The van der Waals surface area contributed by atoms with Gasteiger partial charge >= 0.3 is 5.97 Å². The van der Waals surface area contributed by atoms with E-state index in [-0.39, 0.29) is 10.6 Å². The van der Waals surface area contributed by atoms with Crippen LogP contribution < -0.4 is 0 Å². The van der Waals surface area contributed by atoms with Crippen LogP contribution in [0.3, 0.4) is 0 Å². The van der Waals surface area contributed by atoms with Gasteiger partial charge in [0.2, 0.25) is 10.0 Å². The summed E-state index contributed by atoms with van der Waals surface area (Å²) in [6.07, 6.45) is 1.69. The molecular weight excluding hydrogens is 292 g/mol. The van der Waals surface area contributed by atoms with Crippen LogP contribution in [-0.4, -0.2) is 41.5 Å². The Bertz CT molecular complexity index is 640. The van der Waals surface area contributed by atoms with Gasteiger partial charge in [0.1, 0.15) is 10.6 Å². The molecule has 0 aromatic carbocycles. The molecule has 0 amide bonds. The van der Waals surface area contributed by atoms with Gasteiger partial charge in [0.05, 0.1) is 0 Å². The smallest absolute Gasteiger partial charge is 0.352 e. The highest BCUT2D eigenvalue weighted by Crippen LogP contribution is 2.27. The second-order valence-electron chi connectivity index (χ2n) is 5.62. The SMILES string of the molecule is CCn1c(C(=O)O)cc(S(=O)(=O)N2CCC(C)CC2)c1C. The first-order valence-electron chi connectivity index (χ1n) is 7.22. The first-order chi connectivity index (χ1) is 9.78. The number of carboxylic acids is 1. The van der Waals surface area contributed by atoms with Crippen molar-refractivity contribution in [3.8, 4) is 0 Å². The second-order valence-corrected chi connectivity index (χ2v) is 7.52. The van der Waals surface area contributed by atoms with E-state index in [1.807, 2.05) is 0 Å². The highest BCUT2D eigenvalue weighted by Gasteiger charge is 2.32. The van der Waals surface area contributed by atoms with Crippen molar-refractivity contribution in [3.05, 3.63) is 17.5 Å². The first-order valence-corrected chi connectivity index (χ1v) is 8.66. The van der Waals surface area contributed by atoms with Gasteiger partial charge in [-0.1, -0.05) is 6.92 Å². The number of aromatic carboxylic acids is 1. The Morgan fingerprint density at radius 1 is 1.38 bits per heavy atom. The highest BCUT2D eigenvalue weighted by atomic mass is 32.2. The Kier molecular flexibility index (Phi) is 4.43. The lowest BCUT2D eigenvalue weighted by molar-refractivity contribution is 0.0685. The topological polar surface area (TPSA) is 79.6 Å². The van der Waals surface area contributed by atoms with Crippen molar-refractivity contribution in [1.82, 2.24) is 8.87 Å². The molecular formula is C14H22N2O4S. The average Bonchev–Trinajstić information content (AvgIpc) is 2.77. The van der Waals surface area contributed by atoms with Crippen LogP contribution in [0.5, 0.6) is 0 Å². The third-order valence-electron chi connectivity index (χ3n) is 4.22. The molecule has 0 atom stereocenters. The van der Waals surface area contributed by atoms with Crippen LogP contribution in [0.25, 0.3) is 0 Å². The molecule has 1 fully saturated rings. The van der Waals surface area contributed by atoms with Crippen molar-refractivity contribution in [2.75, 3.05) is 13.1 Å². The Hall–Kier alpha value is -1.34. The number of nitrogens with zero attached hydrogens (tertiary/aromatic N) is 2. The fourth-order valence-corrected chi connectivity index (χ4v) is 4.54. The lowest BCUT2D eigenvalue weighted by atomic mass is 10.0. The van der Waals surface area contributed by atoms with E-state index >= 15 is 0 Å². The van der Waals surface area contributed by atoms with E-state index in [0.29, 0.717) is 31.2 Å². The molecule has 1 saturated heterocycles. The quantitative estimate of drug-likeness (QED) is 0.921. The predicted molar refractivity (Wildman–Crippen MR) is 79.0 cm³/mol. The minimum absolute atomic E-state index is 0.0268. The minimum atomic E-state index is -3.61. The summed E-state index contributed by atoms with van der Waals surface area (Å²) in [5.74, 6) is -0.568. The van der Waals surface area contributed by atoms with E-state index in [1.165, 1.54) is 14.9 Å². The van der Waals surface area contributed by atoms with Crippen LogP contribution in [0.4, 0.5) is 0 Å². The maximum Gasteiger partial charge on any atom is 0.352 e. The second kappa shape index (κ2) is 5.81. The molecule has 2 rings (SSSR count). The van der Waals surface area contributed by atoms with Crippen LogP contribution in [0, 0.1) is 12.8 Å². The molecule has 118 valence electrons. The molecule has 21 heavy (non-hydrogen) atoms. The summed E-state index contributed by atoms with van der Waals surface area (Å²) < 4.78 is 28.5. The summed E-state index contributed by atoms with van der Waals surface area (Å²) in [6.45, 7) is 7.02. The van der Waals surface area contributed by atoms with E-state index in [2.05, 4.69) is 6.92 Å². The van der Waals surface area contributed by atoms with Crippen LogP contribution in [0.1, 0.15) is 42.9 Å². The van der Waals surface area contributed by atoms with Crippen molar-refractivity contribution in [3.63, 3.8) is 0 Å². The molecule has 1 N–H and O–H groups in total. The fraction of sp³-hybridized carbons (Fsp3) is 0.643. The van der Waals surface area contributed by atoms with Gasteiger partial charge in [0, 0.05) is 25.3 Å². The normalized spacial score (nSPS) is 18.0. The summed E-state index contributed by atoms with van der Waals surface area (Å²) in [7, 11) is -3.61. The summed E-state index contributed by atoms with van der Waals surface area (Å²) in [5, 5.41) is 9.22. The summed E-state index contributed by atoms with van der Waals surface area (Å²) in [5.41, 5.74) is 0.521. The van der Waals surface area contributed by atoms with E-state index in [9.17, 15) is 18.3 Å². The predicted octanol–water partition coefficient (Wildman–Crippen LogP) is 1.94. The Morgan fingerprint density at radius 2 is 1.95 bits per heavy atom. The number of piperidine rings is 1. The van der Waals surface area contributed by atoms with Gasteiger partial charge in [-0.15, -0.1) is 0 Å². The zero-order valence-corrected chi connectivity index (χ0v) is 13.5. The van der Waals surface area contributed by atoms with E-state index in [4.69, 9.17) is 0 Å². The number of rotatable bonds is 4. The molecule has 0 saturated carbocycles. The molecule has 6 nitrogen and oxygen atoms in total. The summed E-state index contributed by atoms with van der Waals surface area (Å²) in [6, 6.07) is 1.29. The summed E-state index contributed by atoms with van der Waals surface area (Å²) >= 11 is 0. The van der Waals surface area contributed by atoms with Gasteiger partial charge in [-0.3, -0.25) is 0 Å². The monoisotopic (exact) mass is 314 g/mol. The minimum Gasteiger partial charge on any atom is -0.477 e. The van der Waals surface area contributed by atoms with Gasteiger partial charge in [-0.25, -0.2) is 13.2 Å². The molecule has 1 aromatic heterocycles. The largest absolute Gasteiger partial charge is 0.477 e. The van der Waals surface area contributed by atoms with E-state index in [0.717, 1.165) is 12.8 Å². The number of hydrogen-bond donors (Lipinski definition) is 1. The number of carbonyl (C=O) groups is 1. The molecule has 1 aromatic rings. The van der Waals surface area contributed by atoms with Crippen LogP contribution in [0.2, 0.25) is 0 Å². The molecule has 0 radical (unpaired) electrons. The fourth-order valence-electron chi connectivity index (χ4n) is 2.83. The van der Waals surface area contributed by atoms with Crippen molar-refractivity contribution in [2.24, 2.45) is 5.92 Å². The van der Waals surface area contributed by atoms with Gasteiger partial charge in [-0.2, -0.15) is 4.31 Å². The van der Waals surface area contributed by atoms with E-state index in [1.54, 1.807) is 13.8 Å². The zero-order chi connectivity index (χ0) is 15.8. The maximum absolute atomic E-state index is 12.7. The van der Waals surface area contributed by atoms with Crippen molar-refractivity contribution in [1.29, 1.82) is 0 Å². The Morgan fingerprint density at radius 3 is 2.38 bits per heavy atom. The lowest BCUT2D eigenvalue weighted by Crippen LogP contribution is -2.38. The molecule has 2 heterocycles. The standard InChI is InChI=1S/C14H22N2O4S/c1-4-16-11(3)13(9-12(16)14(17)18)21(19,20)15-7-5-10(2)6-8-15/h9-10H,4-8H2,1-3H3,(H,17,18). The molecule has 0 spiro atoms. The Labute approximate surface area is 125 Å². The number of carboxylic acid groups (broad SMARTS) is 1. The summed E-state index contributed by atoms with van der Waals surface area (Å²) in [4.78, 5) is 11.4. The van der Waals surface area contributed by atoms with E-state index < -0.39 is 16.0 Å². The first kappa shape index (κ1) is 16.0. The molecule has 0 unspecified atom stereocenters. The third kappa shape index (κ3) is 2.85. The van der Waals surface area contributed by atoms with Crippen molar-refractivity contribution >= 4 is 16.0 Å². The maximum atomic E-state index is 12.7. The molecule has 0 bridgehead atoms. The number of aromatic nitrogens is 1. The van der Waals surface area contributed by atoms with Gasteiger partial charge in [-0.05, 0) is 38.7 Å². The van der Waals surface area contributed by atoms with Gasteiger partial charge in [0.25, 0.3) is 0 Å². The lowest BCUT2D eigenvalue weighted by Gasteiger charge is -2.29. The van der Waals surface area contributed by atoms with Crippen molar-refractivity contribution in [2.45, 2.75) is 45.1 Å². The van der Waals surface area contributed by atoms with Gasteiger partial charge < -0.3 is 9.67 Å². The molecule has 0 aliphatic carbocycles. The molecule has 1 aliphatic heterocycles. The van der Waals surface area contributed by atoms with Crippen LogP contribution in [-0.2, 0) is 16.6 Å². The van der Waals surface area contributed by atoms with Crippen LogP contribution >= 0.6 is 0 Å². The average molecular weight is 314 g/mol. The van der Waals surface area contributed by atoms with Crippen LogP contribution in [0.15, 0.2) is 11.0 Å². The molecule has 1 aliphatic rings. The molecule has 7 heteroatoms.